The van der Waals surface area contributed by atoms with Gasteiger partial charge in [0.1, 0.15) is 5.75 Å². The molecule has 3 aromatic carbocycles. The molecule has 0 aliphatic carbocycles. The highest BCUT2D eigenvalue weighted by atomic mass is 16.3. The van der Waals surface area contributed by atoms with Gasteiger partial charge in [0.25, 0.3) is 5.56 Å². The van der Waals surface area contributed by atoms with Crippen LogP contribution in [0.1, 0.15) is 0 Å². The molecule has 106 valence electrons. The van der Waals surface area contributed by atoms with Crippen molar-refractivity contribution < 1.29 is 5.11 Å². The molecule has 0 aliphatic heterocycles. The van der Waals surface area contributed by atoms with Crippen molar-refractivity contribution in [2.75, 3.05) is 0 Å². The van der Waals surface area contributed by atoms with Crippen molar-refractivity contribution in [3.63, 3.8) is 0 Å². The summed E-state index contributed by atoms with van der Waals surface area (Å²) >= 11 is 0. The Morgan fingerprint density at radius 2 is 1.41 bits per heavy atom. The number of nitrogens with zero attached hydrogens (tertiary/aromatic N) is 1. The van der Waals surface area contributed by atoms with E-state index in [4.69, 9.17) is 0 Å². The first kappa shape index (κ1) is 12.6. The van der Waals surface area contributed by atoms with Crippen LogP contribution in [0.15, 0.2) is 65.5 Å². The van der Waals surface area contributed by atoms with Crippen molar-refractivity contribution in [3.8, 4) is 17.0 Å². The van der Waals surface area contributed by atoms with Gasteiger partial charge in [-0.3, -0.25) is 4.79 Å². The van der Waals surface area contributed by atoms with Crippen LogP contribution in [0.25, 0.3) is 32.8 Å². The SMILES string of the molecule is O=c1[nH]nc(-c2ccc(O)c3ccccc23)c2ccccc12. The first-order chi connectivity index (χ1) is 10.8. The third-order valence-corrected chi connectivity index (χ3v) is 3.85. The molecule has 0 saturated carbocycles. The van der Waals surface area contributed by atoms with Crippen molar-refractivity contribution in [2.45, 2.75) is 0 Å². The number of phenols is 1. The quantitative estimate of drug-likeness (QED) is 0.564. The summed E-state index contributed by atoms with van der Waals surface area (Å²) < 4.78 is 0. The highest BCUT2D eigenvalue weighted by Crippen LogP contribution is 2.34. The number of phenolic OH excluding ortho intramolecular Hbond substituents is 1. The second-order valence-corrected chi connectivity index (χ2v) is 5.12. The summed E-state index contributed by atoms with van der Waals surface area (Å²) in [4.78, 5) is 11.9. The second-order valence-electron chi connectivity index (χ2n) is 5.12. The zero-order chi connectivity index (χ0) is 15.1. The van der Waals surface area contributed by atoms with Crippen molar-refractivity contribution >= 4 is 21.5 Å². The van der Waals surface area contributed by atoms with Crippen molar-refractivity contribution in [2.24, 2.45) is 0 Å². The maximum atomic E-state index is 11.9. The minimum atomic E-state index is -0.206. The molecule has 22 heavy (non-hydrogen) atoms. The molecule has 4 rings (SSSR count). The van der Waals surface area contributed by atoms with Gasteiger partial charge in [-0.2, -0.15) is 5.10 Å². The Morgan fingerprint density at radius 1 is 0.773 bits per heavy atom. The van der Waals surface area contributed by atoms with E-state index in [9.17, 15) is 9.90 Å². The first-order valence-corrected chi connectivity index (χ1v) is 6.94. The topological polar surface area (TPSA) is 66.0 Å². The zero-order valence-electron chi connectivity index (χ0n) is 11.6. The number of aromatic nitrogens is 2. The van der Waals surface area contributed by atoms with Gasteiger partial charge in [0.15, 0.2) is 0 Å². The minimum absolute atomic E-state index is 0.206. The van der Waals surface area contributed by atoms with E-state index >= 15 is 0 Å². The molecule has 4 aromatic rings. The summed E-state index contributed by atoms with van der Waals surface area (Å²) in [6, 6.07) is 18.4. The molecule has 4 heteroatoms. The van der Waals surface area contributed by atoms with Crippen molar-refractivity contribution in [3.05, 3.63) is 71.0 Å². The Morgan fingerprint density at radius 3 is 2.18 bits per heavy atom. The predicted octanol–water partition coefficient (Wildman–Crippen LogP) is 3.45. The minimum Gasteiger partial charge on any atom is -0.507 e. The van der Waals surface area contributed by atoms with Gasteiger partial charge in [-0.25, -0.2) is 5.10 Å². The van der Waals surface area contributed by atoms with Crippen LogP contribution in [-0.4, -0.2) is 15.3 Å². The number of hydrogen-bond donors (Lipinski definition) is 2. The molecule has 1 heterocycles. The van der Waals surface area contributed by atoms with Gasteiger partial charge < -0.3 is 5.11 Å². The fourth-order valence-corrected chi connectivity index (χ4v) is 2.81. The van der Waals surface area contributed by atoms with Gasteiger partial charge in [-0.1, -0.05) is 42.5 Å². The first-order valence-electron chi connectivity index (χ1n) is 6.94. The lowest BCUT2D eigenvalue weighted by Gasteiger charge is -2.09. The van der Waals surface area contributed by atoms with E-state index < -0.39 is 0 Å². The van der Waals surface area contributed by atoms with Gasteiger partial charge in [0, 0.05) is 16.3 Å². The van der Waals surface area contributed by atoms with Crippen LogP contribution in [0.4, 0.5) is 0 Å². The lowest BCUT2D eigenvalue weighted by Crippen LogP contribution is -2.09. The molecule has 0 aliphatic rings. The highest BCUT2D eigenvalue weighted by Gasteiger charge is 2.12. The number of nitrogens with one attached hydrogen (secondary N) is 1. The number of aromatic amines is 1. The van der Waals surface area contributed by atoms with E-state index in [0.29, 0.717) is 11.1 Å². The van der Waals surface area contributed by atoms with Gasteiger partial charge in [0.05, 0.1) is 11.1 Å². The molecule has 0 bridgehead atoms. The summed E-state index contributed by atoms with van der Waals surface area (Å²) in [5.74, 6) is 0.230. The van der Waals surface area contributed by atoms with E-state index in [1.807, 2.05) is 48.5 Å². The van der Waals surface area contributed by atoms with Gasteiger partial charge in [0.2, 0.25) is 0 Å². The number of rotatable bonds is 1. The van der Waals surface area contributed by atoms with E-state index in [-0.39, 0.29) is 11.3 Å². The Kier molecular flexibility index (Phi) is 2.69. The van der Waals surface area contributed by atoms with Crippen LogP contribution in [-0.2, 0) is 0 Å². The molecule has 2 N–H and O–H groups in total. The van der Waals surface area contributed by atoms with Gasteiger partial charge >= 0.3 is 0 Å². The second kappa shape index (κ2) is 4.70. The number of hydrogen-bond acceptors (Lipinski definition) is 3. The molecule has 4 nitrogen and oxygen atoms in total. The monoisotopic (exact) mass is 288 g/mol. The smallest absolute Gasteiger partial charge is 0.272 e. The third-order valence-electron chi connectivity index (χ3n) is 3.85. The molecule has 0 unspecified atom stereocenters. The number of aromatic hydroxyl groups is 1. The number of benzene rings is 3. The molecule has 0 spiro atoms. The fourth-order valence-electron chi connectivity index (χ4n) is 2.81. The summed E-state index contributed by atoms with van der Waals surface area (Å²) in [6.07, 6.45) is 0. The predicted molar refractivity (Wildman–Crippen MR) is 87.0 cm³/mol. The third kappa shape index (κ3) is 1.78. The molecule has 0 fully saturated rings. The summed E-state index contributed by atoms with van der Waals surface area (Å²) in [7, 11) is 0. The molecular weight excluding hydrogens is 276 g/mol. The summed E-state index contributed by atoms with van der Waals surface area (Å²) in [6.45, 7) is 0. The molecule has 0 atom stereocenters. The molecule has 0 radical (unpaired) electrons. The Bertz CT molecular complexity index is 1070. The maximum absolute atomic E-state index is 11.9. The molecule has 0 saturated heterocycles. The molecule has 0 amide bonds. The van der Waals surface area contributed by atoms with Crippen LogP contribution in [0.3, 0.4) is 0 Å². The van der Waals surface area contributed by atoms with Crippen LogP contribution in [0, 0.1) is 0 Å². The maximum Gasteiger partial charge on any atom is 0.272 e. The normalized spacial score (nSPS) is 11.1. The van der Waals surface area contributed by atoms with E-state index in [1.165, 1.54) is 0 Å². The Hall–Kier alpha value is -3.14. The largest absolute Gasteiger partial charge is 0.507 e. The average molecular weight is 288 g/mol. The highest BCUT2D eigenvalue weighted by molar-refractivity contribution is 6.05. The average Bonchev–Trinajstić information content (AvgIpc) is 2.57. The Labute approximate surface area is 125 Å². The lowest BCUT2D eigenvalue weighted by atomic mass is 9.98. The van der Waals surface area contributed by atoms with E-state index in [0.717, 1.165) is 21.7 Å². The zero-order valence-corrected chi connectivity index (χ0v) is 11.6. The lowest BCUT2D eigenvalue weighted by molar-refractivity contribution is 0.481. The van der Waals surface area contributed by atoms with Crippen LogP contribution >= 0.6 is 0 Å². The van der Waals surface area contributed by atoms with Crippen LogP contribution < -0.4 is 5.56 Å². The van der Waals surface area contributed by atoms with Gasteiger partial charge in [-0.15, -0.1) is 0 Å². The molecule has 1 aromatic heterocycles. The number of H-pyrrole nitrogens is 1. The van der Waals surface area contributed by atoms with Crippen molar-refractivity contribution in [1.82, 2.24) is 10.2 Å². The molecular formula is C18H12N2O2. The van der Waals surface area contributed by atoms with E-state index in [1.54, 1.807) is 12.1 Å². The fraction of sp³-hybridized carbons (Fsp3) is 0. The number of fused-ring (bicyclic) bond motifs is 2. The summed E-state index contributed by atoms with van der Waals surface area (Å²) in [5, 5.41) is 19.9. The standard InChI is InChI=1S/C18H12N2O2/c21-16-10-9-14(11-5-1-2-6-12(11)16)17-13-7-3-4-8-15(13)18(22)20-19-17/h1-10,21H,(H,20,22). The van der Waals surface area contributed by atoms with Crippen LogP contribution in [0.2, 0.25) is 0 Å². The van der Waals surface area contributed by atoms with Crippen molar-refractivity contribution in [1.29, 1.82) is 0 Å². The van der Waals surface area contributed by atoms with E-state index in [2.05, 4.69) is 10.2 Å². The Balaban J connectivity index is 2.15. The van der Waals surface area contributed by atoms with Gasteiger partial charge in [-0.05, 0) is 23.6 Å². The van der Waals surface area contributed by atoms with Crippen LogP contribution in [0.5, 0.6) is 5.75 Å². The summed E-state index contributed by atoms with van der Waals surface area (Å²) in [5.41, 5.74) is 1.37.